The van der Waals surface area contributed by atoms with Gasteiger partial charge in [-0.1, -0.05) is 13.0 Å². The van der Waals surface area contributed by atoms with Crippen LogP contribution in [0, 0.1) is 13.8 Å². The zero-order valence-electron chi connectivity index (χ0n) is 10.8. The SMILES string of the molecule is CCC(NC(=O)Nc1ccc(C)c(C)c1)C(=O)O. The van der Waals surface area contributed by atoms with Gasteiger partial charge in [-0.3, -0.25) is 0 Å². The molecule has 2 amide bonds. The molecule has 18 heavy (non-hydrogen) atoms. The molecule has 5 heteroatoms. The molecule has 1 aromatic carbocycles. The number of urea groups is 1. The zero-order valence-corrected chi connectivity index (χ0v) is 10.8. The standard InChI is InChI=1S/C13H18N2O3/c1-4-11(12(16)17)15-13(18)14-10-6-5-8(2)9(3)7-10/h5-7,11H,4H2,1-3H3,(H,16,17)(H2,14,15,18). The molecule has 1 aromatic rings. The van der Waals surface area contributed by atoms with Gasteiger partial charge in [0.15, 0.2) is 0 Å². The minimum Gasteiger partial charge on any atom is -0.480 e. The van der Waals surface area contributed by atoms with E-state index in [9.17, 15) is 9.59 Å². The Morgan fingerprint density at radius 3 is 2.44 bits per heavy atom. The summed E-state index contributed by atoms with van der Waals surface area (Å²) in [6.07, 6.45) is 0.343. The number of carboxylic acids is 1. The number of nitrogens with one attached hydrogen (secondary N) is 2. The molecule has 0 aliphatic carbocycles. The fraction of sp³-hybridized carbons (Fsp3) is 0.385. The predicted molar refractivity (Wildman–Crippen MR) is 69.8 cm³/mol. The number of hydrogen-bond donors (Lipinski definition) is 3. The first-order valence-corrected chi connectivity index (χ1v) is 5.81. The smallest absolute Gasteiger partial charge is 0.326 e. The molecule has 0 aromatic heterocycles. The number of carbonyl (C=O) groups excluding carboxylic acids is 1. The molecule has 0 fully saturated rings. The second-order valence-corrected chi connectivity index (χ2v) is 4.20. The van der Waals surface area contributed by atoms with Crippen molar-refractivity contribution in [1.29, 1.82) is 0 Å². The van der Waals surface area contributed by atoms with Crippen molar-refractivity contribution in [2.75, 3.05) is 5.32 Å². The van der Waals surface area contributed by atoms with Crippen LogP contribution in [0.2, 0.25) is 0 Å². The molecule has 98 valence electrons. The summed E-state index contributed by atoms with van der Waals surface area (Å²) in [6.45, 7) is 5.64. The van der Waals surface area contributed by atoms with Crippen LogP contribution in [0.25, 0.3) is 0 Å². The molecule has 0 bridgehead atoms. The summed E-state index contributed by atoms with van der Waals surface area (Å²) >= 11 is 0. The Balaban J connectivity index is 2.64. The molecule has 0 saturated carbocycles. The second kappa shape index (κ2) is 6.05. The highest BCUT2D eigenvalue weighted by atomic mass is 16.4. The third-order valence-corrected chi connectivity index (χ3v) is 2.78. The van der Waals surface area contributed by atoms with Crippen LogP contribution >= 0.6 is 0 Å². The average Bonchev–Trinajstić information content (AvgIpc) is 2.30. The lowest BCUT2D eigenvalue weighted by Crippen LogP contribution is -2.42. The number of anilines is 1. The molecular weight excluding hydrogens is 232 g/mol. The molecular formula is C13H18N2O3. The van der Waals surface area contributed by atoms with Crippen LogP contribution in [0.3, 0.4) is 0 Å². The van der Waals surface area contributed by atoms with E-state index in [1.165, 1.54) is 0 Å². The fourth-order valence-electron chi connectivity index (χ4n) is 1.48. The summed E-state index contributed by atoms with van der Waals surface area (Å²) in [6, 6.07) is 4.16. The van der Waals surface area contributed by atoms with Crippen molar-refractivity contribution in [2.45, 2.75) is 33.2 Å². The molecule has 1 atom stereocenters. The lowest BCUT2D eigenvalue weighted by molar-refractivity contribution is -0.139. The summed E-state index contributed by atoms with van der Waals surface area (Å²) < 4.78 is 0. The van der Waals surface area contributed by atoms with Crippen LogP contribution in [0.4, 0.5) is 10.5 Å². The van der Waals surface area contributed by atoms with E-state index in [4.69, 9.17) is 5.11 Å². The summed E-state index contributed by atoms with van der Waals surface area (Å²) in [5, 5.41) is 13.8. The highest BCUT2D eigenvalue weighted by Crippen LogP contribution is 2.13. The fourth-order valence-corrected chi connectivity index (χ4v) is 1.48. The van der Waals surface area contributed by atoms with Gasteiger partial charge in [0, 0.05) is 5.69 Å². The van der Waals surface area contributed by atoms with Crippen molar-refractivity contribution in [1.82, 2.24) is 5.32 Å². The van der Waals surface area contributed by atoms with E-state index in [0.29, 0.717) is 12.1 Å². The summed E-state index contributed by atoms with van der Waals surface area (Å²) in [5.41, 5.74) is 2.85. The number of benzene rings is 1. The van der Waals surface area contributed by atoms with Crippen LogP contribution in [-0.2, 0) is 4.79 Å². The van der Waals surface area contributed by atoms with Gasteiger partial charge in [-0.2, -0.15) is 0 Å². The quantitative estimate of drug-likeness (QED) is 0.767. The molecule has 0 saturated heterocycles. The van der Waals surface area contributed by atoms with E-state index in [1.54, 1.807) is 13.0 Å². The van der Waals surface area contributed by atoms with Gasteiger partial charge in [-0.25, -0.2) is 9.59 Å². The molecule has 5 nitrogen and oxygen atoms in total. The molecule has 0 aliphatic rings. The number of rotatable bonds is 4. The topological polar surface area (TPSA) is 78.4 Å². The van der Waals surface area contributed by atoms with E-state index in [0.717, 1.165) is 11.1 Å². The lowest BCUT2D eigenvalue weighted by Gasteiger charge is -2.13. The highest BCUT2D eigenvalue weighted by Gasteiger charge is 2.17. The van der Waals surface area contributed by atoms with Crippen molar-refractivity contribution < 1.29 is 14.7 Å². The molecule has 1 rings (SSSR count). The monoisotopic (exact) mass is 250 g/mol. The Kier molecular flexibility index (Phi) is 4.71. The Hall–Kier alpha value is -2.04. The maximum Gasteiger partial charge on any atom is 0.326 e. The van der Waals surface area contributed by atoms with E-state index in [1.807, 2.05) is 26.0 Å². The van der Waals surface area contributed by atoms with Gasteiger partial charge in [0.2, 0.25) is 0 Å². The van der Waals surface area contributed by atoms with Gasteiger partial charge >= 0.3 is 12.0 Å². The Morgan fingerprint density at radius 1 is 1.28 bits per heavy atom. The largest absolute Gasteiger partial charge is 0.480 e. The van der Waals surface area contributed by atoms with E-state index < -0.39 is 18.0 Å². The van der Waals surface area contributed by atoms with Crippen LogP contribution in [0.15, 0.2) is 18.2 Å². The van der Waals surface area contributed by atoms with Gasteiger partial charge < -0.3 is 15.7 Å². The van der Waals surface area contributed by atoms with Gasteiger partial charge in [0.05, 0.1) is 0 Å². The van der Waals surface area contributed by atoms with Crippen LogP contribution in [0.5, 0.6) is 0 Å². The lowest BCUT2D eigenvalue weighted by atomic mass is 10.1. The molecule has 3 N–H and O–H groups in total. The van der Waals surface area contributed by atoms with Crippen LogP contribution in [-0.4, -0.2) is 23.1 Å². The van der Waals surface area contributed by atoms with Gasteiger partial charge in [0.1, 0.15) is 6.04 Å². The van der Waals surface area contributed by atoms with Crippen molar-refractivity contribution in [2.24, 2.45) is 0 Å². The van der Waals surface area contributed by atoms with Gasteiger partial charge in [-0.15, -0.1) is 0 Å². The maximum atomic E-state index is 11.6. The Labute approximate surface area is 106 Å². The summed E-state index contributed by atoms with van der Waals surface area (Å²) in [5.74, 6) is -1.03. The molecule has 1 unspecified atom stereocenters. The van der Waals surface area contributed by atoms with Crippen molar-refractivity contribution in [3.05, 3.63) is 29.3 Å². The number of carboxylic acid groups (broad SMARTS) is 1. The van der Waals surface area contributed by atoms with Gasteiger partial charge in [0.25, 0.3) is 0 Å². The number of amides is 2. The third-order valence-electron chi connectivity index (χ3n) is 2.78. The number of carbonyl (C=O) groups is 2. The molecule has 0 spiro atoms. The van der Waals surface area contributed by atoms with Crippen LogP contribution < -0.4 is 10.6 Å². The number of aliphatic carboxylic acids is 1. The first kappa shape index (κ1) is 14.0. The van der Waals surface area contributed by atoms with E-state index in [-0.39, 0.29) is 0 Å². The molecule has 0 aliphatic heterocycles. The van der Waals surface area contributed by atoms with E-state index >= 15 is 0 Å². The van der Waals surface area contributed by atoms with Crippen molar-refractivity contribution >= 4 is 17.7 Å². The number of aryl methyl sites for hydroxylation is 2. The van der Waals surface area contributed by atoms with Crippen LogP contribution in [0.1, 0.15) is 24.5 Å². The first-order valence-electron chi connectivity index (χ1n) is 5.81. The second-order valence-electron chi connectivity index (χ2n) is 4.20. The Morgan fingerprint density at radius 2 is 1.94 bits per heavy atom. The minimum absolute atomic E-state index is 0.343. The summed E-state index contributed by atoms with van der Waals surface area (Å²) in [4.78, 5) is 22.4. The van der Waals surface area contributed by atoms with E-state index in [2.05, 4.69) is 10.6 Å². The predicted octanol–water partition coefficient (Wildman–Crippen LogP) is 2.29. The van der Waals surface area contributed by atoms with Gasteiger partial charge in [-0.05, 0) is 43.5 Å². The molecule has 0 radical (unpaired) electrons. The average molecular weight is 250 g/mol. The van der Waals surface area contributed by atoms with Crippen molar-refractivity contribution in [3.63, 3.8) is 0 Å². The first-order chi connectivity index (χ1) is 8.43. The Bertz CT molecular complexity index is 458. The maximum absolute atomic E-state index is 11.6. The normalized spacial score (nSPS) is 11.7. The molecule has 0 heterocycles. The third kappa shape index (κ3) is 3.76. The minimum atomic E-state index is -1.03. The van der Waals surface area contributed by atoms with Crippen molar-refractivity contribution in [3.8, 4) is 0 Å². The zero-order chi connectivity index (χ0) is 13.7. The summed E-state index contributed by atoms with van der Waals surface area (Å²) in [7, 11) is 0. The number of hydrogen-bond acceptors (Lipinski definition) is 2. The highest BCUT2D eigenvalue weighted by molar-refractivity contribution is 5.92.